The fourth-order valence-electron chi connectivity index (χ4n) is 2.48. The molecule has 1 heterocycles. The second-order valence-electron chi connectivity index (χ2n) is 5.68. The van der Waals surface area contributed by atoms with Crippen LogP contribution in [0.25, 0.3) is 0 Å². The molecule has 0 spiro atoms. The van der Waals surface area contributed by atoms with Crippen molar-refractivity contribution < 1.29 is 19.1 Å². The van der Waals surface area contributed by atoms with Crippen molar-refractivity contribution in [1.82, 2.24) is 10.2 Å². The minimum absolute atomic E-state index is 0.0109. The molecular formula is C17H21ClN2O4. The van der Waals surface area contributed by atoms with E-state index in [2.05, 4.69) is 5.32 Å². The van der Waals surface area contributed by atoms with Gasteiger partial charge in [-0.2, -0.15) is 0 Å². The molecule has 1 aromatic rings. The third kappa shape index (κ3) is 5.23. The van der Waals surface area contributed by atoms with E-state index in [9.17, 15) is 14.4 Å². The molecule has 130 valence electrons. The van der Waals surface area contributed by atoms with Gasteiger partial charge in [0.25, 0.3) is 11.8 Å². The Kier molecular flexibility index (Phi) is 6.61. The van der Waals surface area contributed by atoms with E-state index in [4.69, 9.17) is 16.3 Å². The normalized spacial score (nSPS) is 15.0. The number of rotatable bonds is 6. The Morgan fingerprint density at radius 3 is 2.46 bits per heavy atom. The maximum atomic E-state index is 12.0. The summed E-state index contributed by atoms with van der Waals surface area (Å²) >= 11 is 5.76. The molecule has 1 N–H and O–H groups in total. The van der Waals surface area contributed by atoms with Crippen molar-refractivity contribution >= 4 is 29.4 Å². The number of hydrogen-bond acceptors (Lipinski definition) is 4. The van der Waals surface area contributed by atoms with Gasteiger partial charge in [0, 0.05) is 30.2 Å². The summed E-state index contributed by atoms with van der Waals surface area (Å²) in [6.45, 7) is 3.16. The van der Waals surface area contributed by atoms with E-state index >= 15 is 0 Å². The highest BCUT2D eigenvalue weighted by Crippen LogP contribution is 2.11. The highest BCUT2D eigenvalue weighted by Gasteiger charge is 2.25. The molecule has 0 unspecified atom stereocenters. The summed E-state index contributed by atoms with van der Waals surface area (Å²) in [4.78, 5) is 37.4. The lowest BCUT2D eigenvalue weighted by Gasteiger charge is -2.20. The molecule has 1 fully saturated rings. The summed E-state index contributed by atoms with van der Waals surface area (Å²) in [6, 6.07) is 6.45. The predicted molar refractivity (Wildman–Crippen MR) is 89.8 cm³/mol. The molecule has 1 atom stereocenters. The van der Waals surface area contributed by atoms with Crippen LogP contribution < -0.4 is 5.32 Å². The second kappa shape index (κ2) is 8.68. The Labute approximate surface area is 146 Å². The average molecular weight is 353 g/mol. The Balaban J connectivity index is 1.69. The van der Waals surface area contributed by atoms with Crippen LogP contribution in [0.15, 0.2) is 24.3 Å². The SMILES string of the molecule is C[C@@H](OC(=O)CCNC(=O)c1ccc(Cl)cc1)C(=O)N1CCCC1. The topological polar surface area (TPSA) is 75.7 Å². The van der Waals surface area contributed by atoms with Gasteiger partial charge in [-0.15, -0.1) is 0 Å². The van der Waals surface area contributed by atoms with Crippen LogP contribution in [-0.2, 0) is 14.3 Å². The molecule has 2 rings (SSSR count). The van der Waals surface area contributed by atoms with Crippen molar-refractivity contribution in [2.24, 2.45) is 0 Å². The molecule has 1 aromatic carbocycles. The number of benzene rings is 1. The van der Waals surface area contributed by atoms with Crippen molar-refractivity contribution in [2.75, 3.05) is 19.6 Å². The summed E-state index contributed by atoms with van der Waals surface area (Å²) in [5.74, 6) is -0.960. The molecule has 0 aliphatic carbocycles. The maximum absolute atomic E-state index is 12.0. The van der Waals surface area contributed by atoms with E-state index in [0.717, 1.165) is 25.9 Å². The zero-order valence-electron chi connectivity index (χ0n) is 13.6. The first-order chi connectivity index (χ1) is 11.5. The first kappa shape index (κ1) is 18.3. The number of amides is 2. The number of carbonyl (C=O) groups is 3. The smallest absolute Gasteiger partial charge is 0.308 e. The maximum Gasteiger partial charge on any atom is 0.308 e. The molecule has 1 saturated heterocycles. The van der Waals surface area contributed by atoms with E-state index in [1.807, 2.05) is 0 Å². The molecule has 1 aliphatic rings. The number of carbonyl (C=O) groups excluding carboxylic acids is 3. The zero-order valence-corrected chi connectivity index (χ0v) is 14.3. The lowest BCUT2D eigenvalue weighted by atomic mass is 10.2. The first-order valence-electron chi connectivity index (χ1n) is 7.99. The van der Waals surface area contributed by atoms with Gasteiger partial charge in [-0.05, 0) is 44.0 Å². The second-order valence-corrected chi connectivity index (χ2v) is 6.11. The fourth-order valence-corrected chi connectivity index (χ4v) is 2.61. The molecule has 2 amide bonds. The number of nitrogens with zero attached hydrogens (tertiary/aromatic N) is 1. The first-order valence-corrected chi connectivity index (χ1v) is 8.37. The van der Waals surface area contributed by atoms with Crippen LogP contribution in [0, 0.1) is 0 Å². The van der Waals surface area contributed by atoms with Crippen LogP contribution in [0.3, 0.4) is 0 Å². The van der Waals surface area contributed by atoms with Crippen LogP contribution in [0.5, 0.6) is 0 Å². The van der Waals surface area contributed by atoms with E-state index in [1.54, 1.807) is 36.1 Å². The summed E-state index contributed by atoms with van der Waals surface area (Å²) in [5.41, 5.74) is 0.463. The van der Waals surface area contributed by atoms with Crippen molar-refractivity contribution in [3.63, 3.8) is 0 Å². The third-order valence-electron chi connectivity index (χ3n) is 3.79. The van der Waals surface area contributed by atoms with Gasteiger partial charge in [-0.3, -0.25) is 14.4 Å². The molecule has 0 bridgehead atoms. The minimum Gasteiger partial charge on any atom is -0.452 e. The largest absolute Gasteiger partial charge is 0.452 e. The highest BCUT2D eigenvalue weighted by atomic mass is 35.5. The fraction of sp³-hybridized carbons (Fsp3) is 0.471. The molecule has 24 heavy (non-hydrogen) atoms. The van der Waals surface area contributed by atoms with Gasteiger partial charge in [-0.25, -0.2) is 0 Å². The van der Waals surface area contributed by atoms with Crippen LogP contribution in [0.1, 0.15) is 36.5 Å². The van der Waals surface area contributed by atoms with Crippen molar-refractivity contribution in [3.05, 3.63) is 34.9 Å². The van der Waals surface area contributed by atoms with Crippen LogP contribution >= 0.6 is 11.6 Å². The van der Waals surface area contributed by atoms with Gasteiger partial charge in [0.2, 0.25) is 0 Å². The lowest BCUT2D eigenvalue weighted by Crippen LogP contribution is -2.38. The van der Waals surface area contributed by atoms with E-state index in [1.165, 1.54) is 0 Å². The number of likely N-dealkylation sites (tertiary alicyclic amines) is 1. The summed E-state index contributed by atoms with van der Waals surface area (Å²) < 4.78 is 5.13. The Morgan fingerprint density at radius 1 is 1.21 bits per heavy atom. The Morgan fingerprint density at radius 2 is 1.83 bits per heavy atom. The van der Waals surface area contributed by atoms with Gasteiger partial charge >= 0.3 is 5.97 Å². The number of ether oxygens (including phenoxy) is 1. The molecule has 6 nitrogen and oxygen atoms in total. The standard InChI is InChI=1S/C17H21ClN2O4/c1-12(17(23)20-10-2-3-11-20)24-15(21)8-9-19-16(22)13-4-6-14(18)7-5-13/h4-7,12H,2-3,8-11H2,1H3,(H,19,22)/t12-/m1/s1. The van der Waals surface area contributed by atoms with Gasteiger partial charge in [-0.1, -0.05) is 11.6 Å². The predicted octanol–water partition coefficient (Wildman–Crippen LogP) is 2.01. The Hall–Kier alpha value is -2.08. The molecule has 7 heteroatoms. The van der Waals surface area contributed by atoms with Crippen LogP contribution in [-0.4, -0.2) is 48.4 Å². The highest BCUT2D eigenvalue weighted by molar-refractivity contribution is 6.30. The molecule has 0 saturated carbocycles. The zero-order chi connectivity index (χ0) is 17.5. The van der Waals surface area contributed by atoms with Crippen LogP contribution in [0.4, 0.5) is 0 Å². The number of halogens is 1. The monoisotopic (exact) mass is 352 g/mol. The Bertz CT molecular complexity index is 597. The van der Waals surface area contributed by atoms with Crippen molar-refractivity contribution in [3.8, 4) is 0 Å². The molecular weight excluding hydrogens is 332 g/mol. The number of esters is 1. The molecule has 0 aromatic heterocycles. The average Bonchev–Trinajstić information content (AvgIpc) is 3.09. The summed E-state index contributed by atoms with van der Waals surface area (Å²) in [6.07, 6.45) is 1.20. The van der Waals surface area contributed by atoms with Crippen LogP contribution in [0.2, 0.25) is 5.02 Å². The van der Waals surface area contributed by atoms with E-state index in [0.29, 0.717) is 10.6 Å². The lowest BCUT2D eigenvalue weighted by molar-refractivity contribution is -0.158. The van der Waals surface area contributed by atoms with Crippen molar-refractivity contribution in [1.29, 1.82) is 0 Å². The summed E-state index contributed by atoms with van der Waals surface area (Å²) in [7, 11) is 0. The number of hydrogen-bond donors (Lipinski definition) is 1. The summed E-state index contributed by atoms with van der Waals surface area (Å²) in [5, 5.41) is 3.18. The third-order valence-corrected chi connectivity index (χ3v) is 4.05. The quantitative estimate of drug-likeness (QED) is 0.795. The van der Waals surface area contributed by atoms with E-state index in [-0.39, 0.29) is 24.8 Å². The van der Waals surface area contributed by atoms with Gasteiger partial charge < -0.3 is 15.0 Å². The van der Waals surface area contributed by atoms with E-state index < -0.39 is 12.1 Å². The van der Waals surface area contributed by atoms with Gasteiger partial charge in [0.05, 0.1) is 6.42 Å². The number of nitrogens with one attached hydrogen (secondary N) is 1. The minimum atomic E-state index is -0.789. The van der Waals surface area contributed by atoms with Gasteiger partial charge in [0.1, 0.15) is 0 Å². The molecule has 0 radical (unpaired) electrons. The molecule has 1 aliphatic heterocycles. The van der Waals surface area contributed by atoms with Gasteiger partial charge in [0.15, 0.2) is 6.10 Å². The van der Waals surface area contributed by atoms with Crippen molar-refractivity contribution in [2.45, 2.75) is 32.3 Å².